The van der Waals surface area contributed by atoms with Crippen molar-refractivity contribution in [3.8, 4) is 0 Å². The molecule has 0 aromatic carbocycles. The molecule has 0 aromatic heterocycles. The van der Waals surface area contributed by atoms with E-state index < -0.39 is 97.9 Å². The van der Waals surface area contributed by atoms with Crippen LogP contribution in [0.3, 0.4) is 0 Å². The predicted molar refractivity (Wildman–Crippen MR) is 298 cm³/mol. The van der Waals surface area contributed by atoms with E-state index in [9.17, 15) is 40.5 Å². The van der Waals surface area contributed by atoms with Crippen LogP contribution in [0.4, 0.5) is 0 Å². The van der Waals surface area contributed by atoms with Crippen molar-refractivity contribution < 1.29 is 78.4 Å². The van der Waals surface area contributed by atoms with Crippen LogP contribution in [0.25, 0.3) is 0 Å². The van der Waals surface area contributed by atoms with Crippen molar-refractivity contribution in [2.24, 2.45) is 46.3 Å². The predicted octanol–water partition coefficient (Wildman–Crippen LogP) is 7.63. The van der Waals surface area contributed by atoms with Crippen LogP contribution in [0, 0.1) is 46.3 Å². The van der Waals surface area contributed by atoms with Gasteiger partial charge in [-0.05, 0) is 112 Å². The van der Waals surface area contributed by atoms with Crippen LogP contribution in [-0.4, -0.2) is 165 Å². The topological polar surface area (TPSA) is 245 Å². The highest BCUT2D eigenvalue weighted by Gasteiger charge is 2.69. The second kappa shape index (κ2) is 27.5. The van der Waals surface area contributed by atoms with Gasteiger partial charge in [0.1, 0.15) is 61.0 Å². The molecular formula is C63H107NO16. The Balaban J connectivity index is 0.859. The monoisotopic (exact) mass is 1130 g/mol. The number of hydrogen-bond acceptors (Lipinski definition) is 16. The molecule has 460 valence electrons. The molecule has 0 radical (unpaired) electrons. The number of hydrogen-bond donors (Lipinski definition) is 8. The highest BCUT2D eigenvalue weighted by Crippen LogP contribution is 2.71. The summed E-state index contributed by atoms with van der Waals surface area (Å²) in [5, 5.41) is 80.7. The molecule has 4 aliphatic carbocycles. The van der Waals surface area contributed by atoms with Gasteiger partial charge in [-0.25, -0.2) is 0 Å². The van der Waals surface area contributed by atoms with E-state index in [-0.39, 0.29) is 35.5 Å². The Morgan fingerprint density at radius 1 is 0.637 bits per heavy atom. The summed E-state index contributed by atoms with van der Waals surface area (Å²) in [7, 11) is 0. The first-order valence-corrected chi connectivity index (χ1v) is 32.3. The smallest absolute Gasteiger partial charge is 0.220 e. The van der Waals surface area contributed by atoms with E-state index in [0.29, 0.717) is 61.2 Å². The molecule has 5 aliphatic heterocycles. The van der Waals surface area contributed by atoms with Crippen LogP contribution in [0.2, 0.25) is 0 Å². The molecule has 8 N–H and O–H groups in total. The number of carbonyl (C=O) groups is 1. The number of aliphatic hydroxyl groups is 7. The van der Waals surface area contributed by atoms with E-state index in [1.54, 1.807) is 0 Å². The molecule has 9 rings (SSSR count). The van der Waals surface area contributed by atoms with E-state index in [4.69, 9.17) is 37.9 Å². The van der Waals surface area contributed by atoms with Crippen LogP contribution in [-0.2, 0) is 42.7 Å². The van der Waals surface area contributed by atoms with Gasteiger partial charge in [0.2, 0.25) is 5.91 Å². The maximum absolute atomic E-state index is 13.5. The van der Waals surface area contributed by atoms with Crippen LogP contribution >= 0.6 is 0 Å². The van der Waals surface area contributed by atoms with Crippen molar-refractivity contribution in [3.05, 3.63) is 11.6 Å². The summed E-state index contributed by atoms with van der Waals surface area (Å²) in [6, 6.07) is 0. The molecule has 17 nitrogen and oxygen atoms in total. The Labute approximate surface area is 478 Å². The number of carbonyl (C=O) groups excluding carboxylic acids is 1. The quantitative estimate of drug-likeness (QED) is 0.0342. The number of nitrogens with one attached hydrogen (secondary N) is 1. The van der Waals surface area contributed by atoms with Crippen LogP contribution in [0.5, 0.6) is 0 Å². The van der Waals surface area contributed by atoms with Gasteiger partial charge < -0.3 is 79.0 Å². The third kappa shape index (κ3) is 13.4. The summed E-state index contributed by atoms with van der Waals surface area (Å²) in [5.74, 6) is 2.36. The zero-order valence-corrected chi connectivity index (χ0v) is 49.8. The number of unbranched alkanes of at least 4 members (excludes halogenated alkanes) is 14. The molecule has 5 saturated heterocycles. The summed E-state index contributed by atoms with van der Waals surface area (Å²) in [4.78, 5) is 13.5. The Kier molecular flexibility index (Phi) is 21.7. The van der Waals surface area contributed by atoms with E-state index in [0.717, 1.165) is 70.8 Å². The maximum Gasteiger partial charge on any atom is 0.220 e. The molecule has 3 saturated carbocycles. The summed E-state index contributed by atoms with van der Waals surface area (Å²) in [6.45, 7) is 15.6. The average molecular weight is 1130 g/mol. The van der Waals surface area contributed by atoms with Gasteiger partial charge in [0, 0.05) is 25.3 Å². The summed E-state index contributed by atoms with van der Waals surface area (Å²) >= 11 is 0. The van der Waals surface area contributed by atoms with Crippen LogP contribution in [0.15, 0.2) is 11.6 Å². The molecule has 8 fully saturated rings. The van der Waals surface area contributed by atoms with E-state index in [2.05, 4.69) is 46.0 Å². The highest BCUT2D eigenvalue weighted by molar-refractivity contribution is 5.75. The number of amides is 1. The lowest BCUT2D eigenvalue weighted by Crippen LogP contribution is -2.67. The lowest BCUT2D eigenvalue weighted by molar-refractivity contribution is -0.386. The molecule has 9 aliphatic rings. The maximum atomic E-state index is 13.5. The minimum Gasteiger partial charge on any atom is -0.388 e. The minimum absolute atomic E-state index is 0.0390. The highest BCUT2D eigenvalue weighted by atomic mass is 16.8. The number of aliphatic hydroxyl groups excluding tert-OH is 7. The molecule has 26 atom stereocenters. The van der Waals surface area contributed by atoms with E-state index in [1.807, 2.05) is 0 Å². The van der Waals surface area contributed by atoms with Crippen LogP contribution in [0.1, 0.15) is 209 Å². The average Bonchev–Trinajstić information content (AvgIpc) is 4.11. The van der Waals surface area contributed by atoms with E-state index in [1.165, 1.54) is 90.0 Å². The lowest BCUT2D eigenvalue weighted by Gasteiger charge is -2.59. The van der Waals surface area contributed by atoms with Crippen molar-refractivity contribution in [3.63, 3.8) is 0 Å². The van der Waals surface area contributed by atoms with Gasteiger partial charge in [0.05, 0.1) is 31.0 Å². The zero-order valence-electron chi connectivity index (χ0n) is 49.8. The summed E-state index contributed by atoms with van der Waals surface area (Å²) in [6.07, 6.45) is 8.08. The largest absolute Gasteiger partial charge is 0.388 e. The van der Waals surface area contributed by atoms with Crippen molar-refractivity contribution in [1.82, 2.24) is 5.32 Å². The second-order valence-corrected chi connectivity index (χ2v) is 27.4. The molecule has 80 heavy (non-hydrogen) atoms. The molecular weight excluding hydrogens is 1030 g/mol. The fraction of sp³-hybridized carbons (Fsp3) is 0.952. The van der Waals surface area contributed by atoms with Crippen molar-refractivity contribution in [2.75, 3.05) is 13.2 Å². The SMILES string of the molecule is CCCCCCCCCCCCCCCCCC(=O)NC[C@H]1O[C@@H](O[C@H]2CC[C@@]3(C)C(=CC[C@H]4C5C[C@@H]6O[C@]7(CC[C@H](C)CO7)[C@@H](C)[C@@H]6[C@@]5(C)CC[C@@H]43)C2)[C@H](O[C@H]2O[C@H](C)[C@@H](O)[C@H](O)[C@@H]2O)[C@@H](O)[C@@H]1O[C@H]1O[C@H](C)[C@@H](O)[C@H](O)[C@@H]1O. The third-order valence-corrected chi connectivity index (χ3v) is 22.0. The molecule has 1 amide bonds. The van der Waals surface area contributed by atoms with Gasteiger partial charge in [-0.1, -0.05) is 136 Å². The first kappa shape index (κ1) is 63.1. The first-order chi connectivity index (χ1) is 38.3. The van der Waals surface area contributed by atoms with Gasteiger partial charge in [0.15, 0.2) is 24.7 Å². The molecule has 0 aromatic rings. The molecule has 0 bridgehead atoms. The Hall–Kier alpha value is -1.39. The number of fused-ring (bicyclic) bond motifs is 7. The molecule has 1 spiro atoms. The van der Waals surface area contributed by atoms with Crippen molar-refractivity contribution >= 4 is 5.91 Å². The third-order valence-electron chi connectivity index (χ3n) is 22.0. The Bertz CT molecular complexity index is 1990. The van der Waals surface area contributed by atoms with Crippen LogP contribution < -0.4 is 5.32 Å². The second-order valence-electron chi connectivity index (χ2n) is 27.4. The summed E-state index contributed by atoms with van der Waals surface area (Å²) < 4.78 is 51.9. The Morgan fingerprint density at radius 3 is 1.81 bits per heavy atom. The number of rotatable bonds is 24. The summed E-state index contributed by atoms with van der Waals surface area (Å²) in [5.41, 5.74) is 1.50. The molecule has 17 heteroatoms. The number of ether oxygens (including phenoxy) is 8. The van der Waals surface area contributed by atoms with Gasteiger partial charge in [-0.15, -0.1) is 0 Å². The lowest BCUT2D eigenvalue weighted by atomic mass is 9.47. The minimum atomic E-state index is -1.72. The normalized spacial score (nSPS) is 47.3. The fourth-order valence-electron chi connectivity index (χ4n) is 17.0. The molecule has 1 unspecified atom stereocenters. The van der Waals surface area contributed by atoms with Gasteiger partial charge >= 0.3 is 0 Å². The van der Waals surface area contributed by atoms with Crippen molar-refractivity contribution in [1.29, 1.82) is 0 Å². The Morgan fingerprint density at radius 2 is 1.23 bits per heavy atom. The zero-order chi connectivity index (χ0) is 57.1. The molecule has 5 heterocycles. The fourth-order valence-corrected chi connectivity index (χ4v) is 17.0. The standard InChI is InChI=1S/C63H107NO16/c1-8-9-10-11-12-13-14-15-16-17-18-19-20-21-22-23-47(65)64-34-46-56(78-58-53(70)51(68)49(66)38(4)74-58)55(72)57(79-59-54(71)52(69)50(67)39(5)75-59)60(77-46)76-41-27-29-61(6)40(32-41)24-25-42-43(61)28-30-62(7)44(42)33-45-48(62)37(3)63(80-45)31-26-36(2)35-73-63/h24,36-39,41-46,48-60,66-72H,8-23,25-35H2,1-7H3,(H,64,65)/t36-,37-,38+,39+,41-,42+,43-,44?,45-,46+,48-,49+,50+,51-,52-,53-,54-,55-,56+,57+,58+,59+,60+,61-,62-,63+/m0/s1. The number of allylic oxidation sites excluding steroid dienone is 1. The van der Waals surface area contributed by atoms with Crippen molar-refractivity contribution in [2.45, 2.75) is 319 Å². The van der Waals surface area contributed by atoms with Gasteiger partial charge in [-0.3, -0.25) is 4.79 Å². The van der Waals surface area contributed by atoms with Gasteiger partial charge in [0.25, 0.3) is 0 Å². The van der Waals surface area contributed by atoms with E-state index >= 15 is 0 Å². The van der Waals surface area contributed by atoms with Gasteiger partial charge in [-0.2, -0.15) is 0 Å². The first-order valence-electron chi connectivity index (χ1n) is 32.3.